The van der Waals surface area contributed by atoms with Gasteiger partial charge in [-0.3, -0.25) is 24.0 Å². The molecule has 57 heavy (non-hydrogen) atoms. The zero-order valence-electron chi connectivity index (χ0n) is 34.9. The van der Waals surface area contributed by atoms with Gasteiger partial charge in [-0.15, -0.1) is 0 Å². The molecule has 1 saturated carbocycles. The molecule has 0 bridgehead atoms. The van der Waals surface area contributed by atoms with Gasteiger partial charge in [-0.25, -0.2) is 9.59 Å². The maximum Gasteiger partial charge on any atom is 0.410 e. The van der Waals surface area contributed by atoms with Crippen LogP contribution in [0.2, 0.25) is 0 Å². The van der Waals surface area contributed by atoms with Gasteiger partial charge in [-0.1, -0.05) is 92.5 Å². The van der Waals surface area contributed by atoms with Crippen molar-refractivity contribution in [3.05, 3.63) is 35.4 Å². The minimum absolute atomic E-state index is 0.0288. The Bertz CT molecular complexity index is 1730. The summed E-state index contributed by atoms with van der Waals surface area (Å²) in [6.45, 7) is 17.0. The molecule has 5 atom stereocenters. The quantitative estimate of drug-likeness (QED) is 0.231. The Hall–Kier alpha value is -4.69. The highest BCUT2D eigenvalue weighted by atomic mass is 16.6. The van der Waals surface area contributed by atoms with Crippen molar-refractivity contribution in [3.63, 3.8) is 0 Å². The van der Waals surface area contributed by atoms with E-state index in [0.717, 1.165) is 30.4 Å². The van der Waals surface area contributed by atoms with Crippen LogP contribution in [-0.4, -0.2) is 113 Å². The standard InChI is InChI=1S/C42H63N7O8/c1-40(2,3)31(24-47-18-16-42(7,8)21-32(47)50)45-38(55)46-34(41(4,5)6)37(54)49-23-28(57-39(56)48-17-15-26-11-9-10-12-27(26)22-48)20-30(49)36(53)44-29(19-25-13-14-25)33(51)35(43)52/h9-12,25,28-31,34H,13-24H2,1-8H3,(H2,43,52)(H,44,53)(H2,45,46,55)/t28-,29?,30+,31-,34-/m1/s1. The lowest BCUT2D eigenvalue weighted by Gasteiger charge is -2.41. The number of carbonyl (C=O) groups excluding carboxylic acids is 7. The lowest BCUT2D eigenvalue weighted by Crippen LogP contribution is -2.62. The summed E-state index contributed by atoms with van der Waals surface area (Å²) in [5.41, 5.74) is 6.13. The van der Waals surface area contributed by atoms with Crippen molar-refractivity contribution < 1.29 is 38.3 Å². The number of benzene rings is 1. The number of likely N-dealkylation sites (tertiary alicyclic amines) is 2. The van der Waals surface area contributed by atoms with Gasteiger partial charge in [0, 0.05) is 39.0 Å². The topological polar surface area (TPSA) is 201 Å². The maximum absolute atomic E-state index is 14.7. The molecule has 3 heterocycles. The number of piperidine rings is 1. The number of fused-ring (bicyclic) bond motifs is 1. The fraction of sp³-hybridized carbons (Fsp3) is 0.690. The third-order valence-electron chi connectivity index (χ3n) is 11.8. The largest absolute Gasteiger partial charge is 0.444 e. The number of ketones is 1. The van der Waals surface area contributed by atoms with Crippen LogP contribution in [-0.2, 0) is 41.7 Å². The smallest absolute Gasteiger partial charge is 0.410 e. The molecule has 1 aromatic rings. The second-order valence-electron chi connectivity index (χ2n) is 19.4. The lowest BCUT2D eigenvalue weighted by molar-refractivity contribution is -0.143. The molecule has 0 aromatic heterocycles. The van der Waals surface area contributed by atoms with E-state index in [-0.39, 0.29) is 36.6 Å². The molecular weight excluding hydrogens is 731 g/mol. The van der Waals surface area contributed by atoms with Crippen LogP contribution in [0.4, 0.5) is 9.59 Å². The van der Waals surface area contributed by atoms with Crippen molar-refractivity contribution in [2.75, 3.05) is 26.2 Å². The number of urea groups is 1. The van der Waals surface area contributed by atoms with Crippen LogP contribution in [0.1, 0.15) is 105 Å². The van der Waals surface area contributed by atoms with Crippen LogP contribution in [0, 0.1) is 22.2 Å². The van der Waals surface area contributed by atoms with E-state index < -0.39 is 76.7 Å². The highest BCUT2D eigenvalue weighted by molar-refractivity contribution is 6.37. The van der Waals surface area contributed by atoms with Gasteiger partial charge < -0.3 is 41.1 Å². The summed E-state index contributed by atoms with van der Waals surface area (Å²) in [6, 6.07) is 3.29. The first-order valence-corrected chi connectivity index (χ1v) is 20.3. The fourth-order valence-electron chi connectivity index (χ4n) is 7.87. The first-order chi connectivity index (χ1) is 26.5. The summed E-state index contributed by atoms with van der Waals surface area (Å²) >= 11 is 0. The first-order valence-electron chi connectivity index (χ1n) is 20.3. The Morgan fingerprint density at radius 1 is 0.930 bits per heavy atom. The van der Waals surface area contributed by atoms with E-state index in [9.17, 15) is 33.6 Å². The van der Waals surface area contributed by atoms with Gasteiger partial charge in [-0.05, 0) is 52.6 Å². The zero-order chi connectivity index (χ0) is 42.0. The zero-order valence-corrected chi connectivity index (χ0v) is 34.9. The van der Waals surface area contributed by atoms with Crippen LogP contribution in [0.15, 0.2) is 24.3 Å². The van der Waals surface area contributed by atoms with Crippen LogP contribution in [0.25, 0.3) is 0 Å². The lowest BCUT2D eigenvalue weighted by atomic mass is 9.81. The normalized spacial score (nSPS) is 22.5. The second-order valence-corrected chi connectivity index (χ2v) is 19.4. The number of carbonyl (C=O) groups is 7. The first kappa shape index (κ1) is 43.4. The molecule has 1 aromatic carbocycles. The number of nitrogens with zero attached hydrogens (tertiary/aromatic N) is 3. The van der Waals surface area contributed by atoms with Crippen molar-refractivity contribution in [1.29, 1.82) is 0 Å². The van der Waals surface area contributed by atoms with Crippen LogP contribution in [0.5, 0.6) is 0 Å². The predicted molar refractivity (Wildman–Crippen MR) is 212 cm³/mol. The van der Waals surface area contributed by atoms with E-state index in [1.165, 1.54) is 4.90 Å². The van der Waals surface area contributed by atoms with Crippen molar-refractivity contribution in [3.8, 4) is 0 Å². The molecule has 314 valence electrons. The average molecular weight is 794 g/mol. The van der Waals surface area contributed by atoms with E-state index in [1.807, 2.05) is 45.0 Å². The van der Waals surface area contributed by atoms with Gasteiger partial charge in [0.25, 0.3) is 5.91 Å². The molecule has 15 nitrogen and oxygen atoms in total. The number of hydrogen-bond acceptors (Lipinski definition) is 8. The molecule has 1 unspecified atom stereocenters. The number of Topliss-reactive ketones (excluding diaryl/α,β-unsaturated/α-hetero) is 1. The van der Waals surface area contributed by atoms with Crippen molar-refractivity contribution in [1.82, 2.24) is 30.7 Å². The summed E-state index contributed by atoms with van der Waals surface area (Å²) in [5, 5.41) is 8.59. The van der Waals surface area contributed by atoms with Crippen molar-refractivity contribution in [2.24, 2.45) is 27.9 Å². The highest BCUT2D eigenvalue weighted by Gasteiger charge is 2.48. The van der Waals surface area contributed by atoms with Gasteiger partial charge in [-0.2, -0.15) is 0 Å². The van der Waals surface area contributed by atoms with E-state index >= 15 is 0 Å². The molecule has 3 aliphatic heterocycles. The molecule has 5 N–H and O–H groups in total. The van der Waals surface area contributed by atoms with Crippen LogP contribution >= 0.6 is 0 Å². The summed E-state index contributed by atoms with van der Waals surface area (Å²) in [5.74, 6) is -3.17. The van der Waals surface area contributed by atoms with Gasteiger partial charge in [0.15, 0.2) is 0 Å². The molecule has 15 heteroatoms. The van der Waals surface area contributed by atoms with Crippen molar-refractivity contribution in [2.45, 2.75) is 137 Å². The minimum atomic E-state index is -1.19. The number of amides is 7. The number of nitrogens with one attached hydrogen (secondary N) is 3. The predicted octanol–water partition coefficient (Wildman–Crippen LogP) is 3.27. The van der Waals surface area contributed by atoms with E-state index in [2.05, 4.69) is 29.8 Å². The van der Waals surface area contributed by atoms with Gasteiger partial charge in [0.2, 0.25) is 23.5 Å². The van der Waals surface area contributed by atoms with Crippen LogP contribution in [0.3, 0.4) is 0 Å². The summed E-state index contributed by atoms with van der Waals surface area (Å²) in [4.78, 5) is 98.6. The molecular formula is C42H63N7O8. The maximum atomic E-state index is 14.7. The van der Waals surface area contributed by atoms with Crippen LogP contribution < -0.4 is 21.7 Å². The van der Waals surface area contributed by atoms with Crippen molar-refractivity contribution >= 4 is 41.5 Å². The highest BCUT2D eigenvalue weighted by Crippen LogP contribution is 2.35. The molecule has 5 rings (SSSR count). The Balaban J connectivity index is 1.34. The van der Waals surface area contributed by atoms with E-state index in [0.29, 0.717) is 39.0 Å². The Morgan fingerprint density at radius 3 is 2.19 bits per heavy atom. The Kier molecular flexibility index (Phi) is 13.0. The summed E-state index contributed by atoms with van der Waals surface area (Å²) < 4.78 is 5.96. The number of rotatable bonds is 12. The van der Waals surface area contributed by atoms with E-state index in [4.69, 9.17) is 10.5 Å². The monoisotopic (exact) mass is 793 g/mol. The molecule has 3 fully saturated rings. The number of nitrogens with two attached hydrogens (primary N) is 1. The summed E-state index contributed by atoms with van der Waals surface area (Å²) in [7, 11) is 0. The summed E-state index contributed by atoms with van der Waals surface area (Å²) in [6.07, 6.45) is 2.35. The molecule has 2 saturated heterocycles. The van der Waals surface area contributed by atoms with E-state index in [1.54, 1.807) is 30.6 Å². The Labute approximate surface area is 336 Å². The third-order valence-corrected chi connectivity index (χ3v) is 11.8. The van der Waals surface area contributed by atoms with Gasteiger partial charge in [0.1, 0.15) is 18.2 Å². The number of primary amides is 1. The van der Waals surface area contributed by atoms with Gasteiger partial charge >= 0.3 is 12.1 Å². The molecule has 0 spiro atoms. The SMILES string of the molecule is CC1(C)CCN(C[C@@H](NC(=O)N[C@H](C(=O)N2C[C@H](OC(=O)N3CCc4ccccc4C3)C[C@H]2C(=O)NC(CC2CC2)C(=O)C(N)=O)C(C)(C)C)C(C)(C)C)C(=O)C1. The fourth-order valence-corrected chi connectivity index (χ4v) is 7.87. The average Bonchev–Trinajstić information content (AvgIpc) is 3.84. The third kappa shape index (κ3) is 11.2. The molecule has 1 aliphatic carbocycles. The molecule has 7 amide bonds. The molecule has 4 aliphatic rings. The second kappa shape index (κ2) is 17.0. The molecule has 0 radical (unpaired) electrons. The number of ether oxygens (including phenoxy) is 1. The minimum Gasteiger partial charge on any atom is -0.444 e. The number of hydrogen-bond donors (Lipinski definition) is 4. The van der Waals surface area contributed by atoms with Gasteiger partial charge in [0.05, 0.1) is 18.6 Å². The Morgan fingerprint density at radius 2 is 1.60 bits per heavy atom.